The molecule has 1 heterocycles. The molecule has 92 valence electrons. The zero-order chi connectivity index (χ0) is 13.0. The van der Waals surface area contributed by atoms with Crippen molar-refractivity contribution in [2.45, 2.75) is 10.6 Å². The highest BCUT2D eigenvalue weighted by Gasteiger charge is 2.02. The average Bonchev–Trinajstić information content (AvgIpc) is 2.38. The van der Waals surface area contributed by atoms with E-state index in [9.17, 15) is 4.79 Å². The fraction of sp³-hybridized carbons (Fsp3) is 0.0769. The molecule has 0 saturated heterocycles. The Hall–Kier alpha value is -1.33. The number of carboxylic acids is 1. The smallest absolute Gasteiger partial charge is 0.335 e. The lowest BCUT2D eigenvalue weighted by molar-refractivity contribution is 0.0697. The topological polar surface area (TPSA) is 50.2 Å². The zero-order valence-electron chi connectivity index (χ0n) is 9.34. The predicted octanol–water partition coefficient (Wildman–Crippen LogP) is 3.83. The lowest BCUT2D eigenvalue weighted by atomic mass is 10.2. The maximum atomic E-state index is 10.7. The Bertz CT molecular complexity index is 540. The van der Waals surface area contributed by atoms with Gasteiger partial charge in [0.1, 0.15) is 0 Å². The first kappa shape index (κ1) is 13.1. The van der Waals surface area contributed by atoms with Gasteiger partial charge in [0, 0.05) is 21.3 Å². The van der Waals surface area contributed by atoms with Crippen LogP contribution in [0.2, 0.25) is 0 Å². The van der Waals surface area contributed by atoms with Crippen LogP contribution in [0, 0.1) is 0 Å². The number of aromatic nitrogens is 1. The Morgan fingerprint density at radius 3 is 2.50 bits per heavy atom. The van der Waals surface area contributed by atoms with E-state index in [2.05, 4.69) is 20.9 Å². The number of thioether (sulfide) groups is 1. The number of pyridine rings is 1. The molecule has 2 rings (SSSR count). The van der Waals surface area contributed by atoms with Crippen LogP contribution in [0.5, 0.6) is 0 Å². The molecule has 0 amide bonds. The van der Waals surface area contributed by atoms with Crippen LogP contribution in [0.4, 0.5) is 0 Å². The number of carbonyl (C=O) groups is 1. The molecule has 0 unspecified atom stereocenters. The van der Waals surface area contributed by atoms with E-state index in [0.29, 0.717) is 5.56 Å². The van der Waals surface area contributed by atoms with Crippen molar-refractivity contribution in [1.29, 1.82) is 0 Å². The van der Waals surface area contributed by atoms with Gasteiger partial charge in [-0.15, -0.1) is 11.8 Å². The van der Waals surface area contributed by atoms with Gasteiger partial charge in [-0.25, -0.2) is 4.79 Å². The summed E-state index contributed by atoms with van der Waals surface area (Å²) in [5.41, 5.74) is 1.30. The lowest BCUT2D eigenvalue weighted by Gasteiger charge is -2.02. The molecular weight excluding hydrogens is 314 g/mol. The molecule has 2 aromatic rings. The number of hydrogen-bond donors (Lipinski definition) is 1. The van der Waals surface area contributed by atoms with Crippen LogP contribution in [-0.2, 0) is 5.75 Å². The van der Waals surface area contributed by atoms with Crippen LogP contribution in [0.3, 0.4) is 0 Å². The Morgan fingerprint density at radius 1 is 1.22 bits per heavy atom. The van der Waals surface area contributed by atoms with E-state index >= 15 is 0 Å². The van der Waals surface area contributed by atoms with E-state index in [0.717, 1.165) is 20.8 Å². The normalized spacial score (nSPS) is 10.3. The number of halogens is 1. The van der Waals surface area contributed by atoms with Crippen LogP contribution in [-0.4, -0.2) is 16.1 Å². The summed E-state index contributed by atoms with van der Waals surface area (Å²) in [6, 6.07) is 10.8. The van der Waals surface area contributed by atoms with Gasteiger partial charge in [0.05, 0.1) is 11.3 Å². The molecule has 3 nitrogen and oxygen atoms in total. The molecule has 1 N–H and O–H groups in total. The van der Waals surface area contributed by atoms with Crippen molar-refractivity contribution in [3.63, 3.8) is 0 Å². The molecule has 0 radical (unpaired) electrons. The molecule has 0 saturated carbocycles. The Morgan fingerprint density at radius 2 is 1.94 bits per heavy atom. The van der Waals surface area contributed by atoms with E-state index in [-0.39, 0.29) is 0 Å². The highest BCUT2D eigenvalue weighted by molar-refractivity contribution is 9.10. The van der Waals surface area contributed by atoms with Crippen molar-refractivity contribution in [3.05, 3.63) is 58.3 Å². The standard InChI is InChI=1S/C13H10BrNO2S/c14-10-3-4-11(15-7-10)8-18-12-5-1-9(2-6-12)13(16)17/h1-7H,8H2,(H,16,17). The maximum Gasteiger partial charge on any atom is 0.335 e. The highest BCUT2D eigenvalue weighted by Crippen LogP contribution is 2.22. The van der Waals surface area contributed by atoms with E-state index in [1.54, 1.807) is 30.1 Å². The van der Waals surface area contributed by atoms with Gasteiger partial charge >= 0.3 is 5.97 Å². The van der Waals surface area contributed by atoms with Crippen molar-refractivity contribution in [2.24, 2.45) is 0 Å². The second kappa shape index (κ2) is 6.02. The van der Waals surface area contributed by atoms with E-state index in [1.165, 1.54) is 0 Å². The van der Waals surface area contributed by atoms with Gasteiger partial charge in [0.2, 0.25) is 0 Å². The summed E-state index contributed by atoms with van der Waals surface area (Å²) in [6.45, 7) is 0. The predicted molar refractivity (Wildman–Crippen MR) is 74.9 cm³/mol. The molecule has 0 aliphatic rings. The molecule has 18 heavy (non-hydrogen) atoms. The molecular formula is C13H10BrNO2S. The van der Waals surface area contributed by atoms with Crippen LogP contribution >= 0.6 is 27.7 Å². The van der Waals surface area contributed by atoms with E-state index in [1.807, 2.05) is 24.3 Å². The molecule has 1 aromatic heterocycles. The molecule has 0 spiro atoms. The first-order chi connectivity index (χ1) is 8.65. The fourth-order valence-electron chi connectivity index (χ4n) is 1.34. The summed E-state index contributed by atoms with van der Waals surface area (Å²) in [5, 5.41) is 8.79. The molecule has 1 aromatic carbocycles. The number of carboxylic acid groups (broad SMARTS) is 1. The Kier molecular flexibility index (Phi) is 4.38. The van der Waals surface area contributed by atoms with Crippen molar-refractivity contribution < 1.29 is 9.90 Å². The maximum absolute atomic E-state index is 10.7. The van der Waals surface area contributed by atoms with Crippen LogP contribution in [0.25, 0.3) is 0 Å². The third kappa shape index (κ3) is 3.58. The number of aromatic carboxylic acids is 1. The number of nitrogens with zero attached hydrogens (tertiary/aromatic N) is 1. The number of rotatable bonds is 4. The van der Waals surface area contributed by atoms with Crippen molar-refractivity contribution in [3.8, 4) is 0 Å². The zero-order valence-corrected chi connectivity index (χ0v) is 11.7. The van der Waals surface area contributed by atoms with E-state index in [4.69, 9.17) is 5.11 Å². The minimum absolute atomic E-state index is 0.307. The first-order valence-corrected chi connectivity index (χ1v) is 6.99. The van der Waals surface area contributed by atoms with Crippen molar-refractivity contribution in [2.75, 3.05) is 0 Å². The molecule has 0 atom stereocenters. The van der Waals surface area contributed by atoms with E-state index < -0.39 is 5.97 Å². The van der Waals surface area contributed by atoms with Crippen molar-refractivity contribution in [1.82, 2.24) is 4.98 Å². The van der Waals surface area contributed by atoms with Crippen LogP contribution in [0.1, 0.15) is 16.1 Å². The minimum Gasteiger partial charge on any atom is -0.478 e. The summed E-state index contributed by atoms with van der Waals surface area (Å²) in [6.07, 6.45) is 1.77. The quantitative estimate of drug-likeness (QED) is 0.868. The summed E-state index contributed by atoms with van der Waals surface area (Å²) in [4.78, 5) is 16.0. The SMILES string of the molecule is O=C(O)c1ccc(SCc2ccc(Br)cn2)cc1. The van der Waals surface area contributed by atoms with Gasteiger partial charge in [-0.1, -0.05) is 0 Å². The monoisotopic (exact) mass is 323 g/mol. The second-order valence-electron chi connectivity index (χ2n) is 3.59. The Balaban J connectivity index is 1.97. The van der Waals surface area contributed by atoms with Gasteiger partial charge in [-0.3, -0.25) is 4.98 Å². The molecule has 0 aliphatic carbocycles. The van der Waals surface area contributed by atoms with Crippen molar-refractivity contribution >= 4 is 33.7 Å². The third-order valence-corrected chi connectivity index (χ3v) is 3.79. The minimum atomic E-state index is -0.902. The first-order valence-electron chi connectivity index (χ1n) is 5.22. The van der Waals surface area contributed by atoms with Crippen LogP contribution in [0.15, 0.2) is 52.0 Å². The lowest BCUT2D eigenvalue weighted by Crippen LogP contribution is -1.94. The largest absolute Gasteiger partial charge is 0.478 e. The summed E-state index contributed by atoms with van der Waals surface area (Å²) >= 11 is 4.97. The van der Waals surface area contributed by atoms with Gasteiger partial charge in [0.25, 0.3) is 0 Å². The third-order valence-electron chi connectivity index (χ3n) is 2.28. The average molecular weight is 324 g/mol. The molecule has 0 bridgehead atoms. The van der Waals surface area contributed by atoms with Gasteiger partial charge in [-0.2, -0.15) is 0 Å². The summed E-state index contributed by atoms with van der Waals surface area (Å²) < 4.78 is 0.960. The summed E-state index contributed by atoms with van der Waals surface area (Å²) in [5.74, 6) is -0.138. The molecule has 0 fully saturated rings. The second-order valence-corrected chi connectivity index (χ2v) is 5.55. The van der Waals surface area contributed by atoms with Gasteiger partial charge in [0.15, 0.2) is 0 Å². The fourth-order valence-corrected chi connectivity index (χ4v) is 2.39. The molecule has 0 aliphatic heterocycles. The Labute approximate surface area is 117 Å². The number of benzene rings is 1. The number of hydrogen-bond acceptors (Lipinski definition) is 3. The van der Waals surface area contributed by atoms with Gasteiger partial charge < -0.3 is 5.11 Å². The van der Waals surface area contributed by atoms with Gasteiger partial charge in [-0.05, 0) is 52.3 Å². The van der Waals surface area contributed by atoms with Crippen LogP contribution < -0.4 is 0 Å². The summed E-state index contributed by atoms with van der Waals surface area (Å²) in [7, 11) is 0. The molecule has 5 heteroatoms. The highest BCUT2D eigenvalue weighted by atomic mass is 79.9.